The van der Waals surface area contributed by atoms with Crippen molar-refractivity contribution < 1.29 is 13.2 Å². The maximum absolute atomic E-state index is 13.2. The van der Waals surface area contributed by atoms with Crippen molar-refractivity contribution in [3.63, 3.8) is 0 Å². The maximum atomic E-state index is 13.2. The highest BCUT2D eigenvalue weighted by atomic mass is 32.2. The van der Waals surface area contributed by atoms with Crippen LogP contribution in [-0.4, -0.2) is 49.2 Å². The molecule has 8 heteroatoms. The quantitative estimate of drug-likeness (QED) is 0.657. The van der Waals surface area contributed by atoms with E-state index in [4.69, 9.17) is 0 Å². The number of carbonyl (C=O) groups excluding carboxylic acids is 1. The van der Waals surface area contributed by atoms with Crippen LogP contribution in [0.1, 0.15) is 29.7 Å². The van der Waals surface area contributed by atoms with Crippen LogP contribution >= 0.6 is 0 Å². The van der Waals surface area contributed by atoms with Crippen LogP contribution in [0.15, 0.2) is 47.4 Å². The van der Waals surface area contributed by atoms with Crippen LogP contribution in [0.3, 0.4) is 0 Å². The van der Waals surface area contributed by atoms with Gasteiger partial charge < -0.3 is 10.2 Å². The first-order valence-corrected chi connectivity index (χ1v) is 12.8. The molecule has 1 aliphatic heterocycles. The molecule has 0 bridgehead atoms. The smallest absolute Gasteiger partial charge is 0.243 e. The Morgan fingerprint density at radius 3 is 2.50 bits per heavy atom. The molecule has 5 rings (SSSR count). The third kappa shape index (κ3) is 3.83. The van der Waals surface area contributed by atoms with E-state index < -0.39 is 9.84 Å². The predicted molar refractivity (Wildman–Crippen MR) is 124 cm³/mol. The molecule has 1 atom stereocenters. The van der Waals surface area contributed by atoms with Crippen molar-refractivity contribution in [2.45, 2.75) is 49.6 Å². The number of hydrogen-bond acceptors (Lipinski definition) is 6. The summed E-state index contributed by atoms with van der Waals surface area (Å²) in [6.07, 6.45) is 4.52. The highest BCUT2D eigenvalue weighted by molar-refractivity contribution is 7.90. The monoisotopic (exact) mass is 450 g/mol. The van der Waals surface area contributed by atoms with Crippen molar-refractivity contribution in [3.8, 4) is 0 Å². The molecule has 0 spiro atoms. The standard InChI is InChI=1S/C24H26N4O3S/c1-15-20-10-9-19(32(2,30)31)14-21(20)27-24(25-15)28-11-5-8-22(28)23(29)26-18-12-16-6-3-4-7-17(16)13-18/h3-4,6-7,9-10,14,18,22H,5,8,11-13H2,1-2H3,(H,26,29). The van der Waals surface area contributed by atoms with Gasteiger partial charge >= 0.3 is 0 Å². The van der Waals surface area contributed by atoms with Crippen molar-refractivity contribution in [2.24, 2.45) is 0 Å². The highest BCUT2D eigenvalue weighted by Crippen LogP contribution is 2.28. The average Bonchev–Trinajstić information content (AvgIpc) is 3.39. The summed E-state index contributed by atoms with van der Waals surface area (Å²) in [5.74, 6) is 0.486. The fourth-order valence-corrected chi connectivity index (χ4v) is 5.49. The van der Waals surface area contributed by atoms with E-state index in [-0.39, 0.29) is 22.9 Å². The van der Waals surface area contributed by atoms with Crippen LogP contribution in [0.25, 0.3) is 10.9 Å². The molecular weight excluding hydrogens is 424 g/mol. The predicted octanol–water partition coefficient (Wildman–Crippen LogP) is 2.59. The Morgan fingerprint density at radius 1 is 1.09 bits per heavy atom. The second kappa shape index (κ2) is 7.85. The molecule has 1 unspecified atom stereocenters. The molecule has 2 aromatic carbocycles. The van der Waals surface area contributed by atoms with Crippen LogP contribution in [0.4, 0.5) is 5.95 Å². The summed E-state index contributed by atoms with van der Waals surface area (Å²) in [5.41, 5.74) is 3.95. The minimum absolute atomic E-state index is 0.00606. The van der Waals surface area contributed by atoms with E-state index in [1.54, 1.807) is 18.2 Å². The first-order chi connectivity index (χ1) is 15.3. The number of benzene rings is 2. The summed E-state index contributed by atoms with van der Waals surface area (Å²) >= 11 is 0. The molecule has 32 heavy (non-hydrogen) atoms. The lowest BCUT2D eigenvalue weighted by molar-refractivity contribution is -0.122. The van der Waals surface area contributed by atoms with E-state index in [2.05, 4.69) is 27.4 Å². The lowest BCUT2D eigenvalue weighted by atomic mass is 10.1. The molecule has 166 valence electrons. The van der Waals surface area contributed by atoms with E-state index in [1.165, 1.54) is 17.4 Å². The van der Waals surface area contributed by atoms with Crippen molar-refractivity contribution in [2.75, 3.05) is 17.7 Å². The maximum Gasteiger partial charge on any atom is 0.243 e. The molecule has 7 nitrogen and oxygen atoms in total. The topological polar surface area (TPSA) is 92.3 Å². The van der Waals surface area contributed by atoms with E-state index >= 15 is 0 Å². The van der Waals surface area contributed by atoms with Crippen LogP contribution in [0.5, 0.6) is 0 Å². The summed E-state index contributed by atoms with van der Waals surface area (Å²) in [5, 5.41) is 4.04. The van der Waals surface area contributed by atoms with Gasteiger partial charge in [0.25, 0.3) is 0 Å². The molecule has 0 radical (unpaired) electrons. The zero-order valence-corrected chi connectivity index (χ0v) is 19.0. The van der Waals surface area contributed by atoms with Gasteiger partial charge in [-0.15, -0.1) is 0 Å². The first-order valence-electron chi connectivity index (χ1n) is 10.9. The number of carbonyl (C=O) groups is 1. The minimum Gasteiger partial charge on any atom is -0.351 e. The van der Waals surface area contributed by atoms with Gasteiger partial charge in [-0.3, -0.25) is 4.79 Å². The Hall–Kier alpha value is -3.00. The molecule has 0 saturated carbocycles. The zero-order chi connectivity index (χ0) is 22.5. The van der Waals surface area contributed by atoms with Gasteiger partial charge in [-0.05, 0) is 61.9 Å². The molecule has 2 aliphatic rings. The number of anilines is 1. The summed E-state index contributed by atoms with van der Waals surface area (Å²) < 4.78 is 24.0. The van der Waals surface area contributed by atoms with Crippen LogP contribution in [0.2, 0.25) is 0 Å². The number of nitrogens with one attached hydrogen (secondary N) is 1. The van der Waals surface area contributed by atoms with Gasteiger partial charge in [0.2, 0.25) is 11.9 Å². The fraction of sp³-hybridized carbons (Fsp3) is 0.375. The number of aryl methyl sites for hydroxylation is 1. The second-order valence-corrected chi connectivity index (χ2v) is 10.8. The van der Waals surface area contributed by atoms with Crippen molar-refractivity contribution >= 4 is 32.6 Å². The molecular formula is C24H26N4O3S. The van der Waals surface area contributed by atoms with E-state index in [0.717, 1.165) is 36.8 Å². The van der Waals surface area contributed by atoms with Crippen molar-refractivity contribution in [1.29, 1.82) is 0 Å². The van der Waals surface area contributed by atoms with Crippen LogP contribution in [0, 0.1) is 6.92 Å². The summed E-state index contributed by atoms with van der Waals surface area (Å²) in [6, 6.07) is 13.0. The minimum atomic E-state index is -3.34. The van der Waals surface area contributed by atoms with E-state index in [9.17, 15) is 13.2 Å². The highest BCUT2D eigenvalue weighted by Gasteiger charge is 2.34. The van der Waals surface area contributed by atoms with Crippen LogP contribution < -0.4 is 10.2 Å². The molecule has 1 aromatic heterocycles. The van der Waals surface area contributed by atoms with Gasteiger partial charge in [0.05, 0.1) is 16.1 Å². The largest absolute Gasteiger partial charge is 0.351 e. The van der Waals surface area contributed by atoms with Crippen molar-refractivity contribution in [1.82, 2.24) is 15.3 Å². The molecule has 1 amide bonds. The first kappa shape index (κ1) is 20.9. The van der Waals surface area contributed by atoms with E-state index in [1.807, 2.05) is 24.0 Å². The second-order valence-electron chi connectivity index (χ2n) is 8.79. The van der Waals surface area contributed by atoms with Gasteiger partial charge in [0, 0.05) is 24.2 Å². The Morgan fingerprint density at radius 2 is 1.81 bits per heavy atom. The number of nitrogens with zero attached hydrogens (tertiary/aromatic N) is 3. The van der Waals surface area contributed by atoms with Crippen LogP contribution in [-0.2, 0) is 27.5 Å². The van der Waals surface area contributed by atoms with Gasteiger partial charge in [0.1, 0.15) is 6.04 Å². The Bertz CT molecular complexity index is 1300. The Kier molecular flexibility index (Phi) is 5.12. The molecule has 3 aromatic rings. The third-order valence-electron chi connectivity index (χ3n) is 6.49. The number of rotatable bonds is 4. The SMILES string of the molecule is Cc1nc(N2CCCC2C(=O)NC2Cc3ccccc3C2)nc2cc(S(C)(=O)=O)ccc12. The zero-order valence-electron chi connectivity index (χ0n) is 18.2. The Balaban J connectivity index is 1.39. The number of aromatic nitrogens is 2. The van der Waals surface area contributed by atoms with Gasteiger partial charge in [-0.25, -0.2) is 18.4 Å². The molecule has 1 fully saturated rings. The summed E-state index contributed by atoms with van der Waals surface area (Å²) in [4.78, 5) is 24.7. The molecule has 1 aliphatic carbocycles. The van der Waals surface area contributed by atoms with E-state index in [0.29, 0.717) is 18.0 Å². The summed E-state index contributed by atoms with van der Waals surface area (Å²) in [6.45, 7) is 2.58. The Labute approximate surface area is 187 Å². The average molecular weight is 451 g/mol. The lowest BCUT2D eigenvalue weighted by Crippen LogP contribution is -2.47. The number of fused-ring (bicyclic) bond motifs is 2. The lowest BCUT2D eigenvalue weighted by Gasteiger charge is -2.26. The molecule has 2 heterocycles. The van der Waals surface area contributed by atoms with Gasteiger partial charge in [0.15, 0.2) is 9.84 Å². The normalized spacial score (nSPS) is 18.8. The fourth-order valence-electron chi connectivity index (χ4n) is 4.85. The molecule has 1 saturated heterocycles. The third-order valence-corrected chi connectivity index (χ3v) is 7.60. The number of hydrogen-bond donors (Lipinski definition) is 1. The number of sulfone groups is 1. The van der Waals surface area contributed by atoms with Gasteiger partial charge in [-0.1, -0.05) is 24.3 Å². The molecule has 1 N–H and O–H groups in total. The van der Waals surface area contributed by atoms with Gasteiger partial charge in [-0.2, -0.15) is 0 Å². The van der Waals surface area contributed by atoms with Crippen molar-refractivity contribution in [3.05, 3.63) is 59.3 Å². The number of amides is 1. The summed E-state index contributed by atoms with van der Waals surface area (Å²) in [7, 11) is -3.34.